The maximum atomic E-state index is 16.1. The lowest BCUT2D eigenvalue weighted by atomic mass is 9.88. The van der Waals surface area contributed by atoms with E-state index in [1.54, 1.807) is 26.0 Å². The quantitative estimate of drug-likeness (QED) is 0.0538. The third-order valence-electron chi connectivity index (χ3n) is 9.67. The molecule has 3 rings (SSSR count). The van der Waals surface area contributed by atoms with Gasteiger partial charge in [0.25, 0.3) is 0 Å². The second kappa shape index (κ2) is 22.1. The van der Waals surface area contributed by atoms with Crippen LogP contribution in [0.25, 0.3) is 22.3 Å². The summed E-state index contributed by atoms with van der Waals surface area (Å²) in [6.45, 7) is 14.4. The van der Waals surface area contributed by atoms with E-state index < -0.39 is 17.4 Å². The number of esters is 2. The van der Waals surface area contributed by atoms with Gasteiger partial charge in [0.05, 0.1) is 38.4 Å². The minimum absolute atomic E-state index is 0.0475. The van der Waals surface area contributed by atoms with Crippen LogP contribution in [0.4, 0.5) is 4.39 Å². The first-order chi connectivity index (χ1) is 25.5. The molecule has 0 aliphatic carbocycles. The normalized spacial score (nSPS) is 11.3. The molecule has 0 heterocycles. The Kier molecular flexibility index (Phi) is 18.0. The number of hydrogen-bond donors (Lipinski definition) is 2. The molecule has 7 nitrogen and oxygen atoms in total. The number of unbranched alkanes of at least 4 members (excludes halogenated alkanes) is 4. The van der Waals surface area contributed by atoms with Gasteiger partial charge >= 0.3 is 11.9 Å². The molecule has 0 bridgehead atoms. The molecule has 0 fully saturated rings. The number of benzene rings is 3. The summed E-state index contributed by atoms with van der Waals surface area (Å²) in [7, 11) is 0. The van der Waals surface area contributed by atoms with Gasteiger partial charge in [-0.1, -0.05) is 89.1 Å². The van der Waals surface area contributed by atoms with Crippen LogP contribution in [-0.2, 0) is 38.3 Å². The lowest BCUT2D eigenvalue weighted by Crippen LogP contribution is -2.36. The summed E-state index contributed by atoms with van der Waals surface area (Å²) in [6.07, 6.45) is 9.48. The van der Waals surface area contributed by atoms with Crippen LogP contribution in [0.2, 0.25) is 0 Å². The van der Waals surface area contributed by atoms with Crippen molar-refractivity contribution < 1.29 is 38.4 Å². The molecule has 0 amide bonds. The van der Waals surface area contributed by atoms with E-state index in [4.69, 9.17) is 14.2 Å². The van der Waals surface area contributed by atoms with Crippen LogP contribution in [0.15, 0.2) is 78.9 Å². The van der Waals surface area contributed by atoms with Crippen LogP contribution in [0.5, 0.6) is 5.75 Å². The van der Waals surface area contributed by atoms with Gasteiger partial charge in [0.1, 0.15) is 11.6 Å². The summed E-state index contributed by atoms with van der Waals surface area (Å²) in [6, 6.07) is 17.4. The van der Waals surface area contributed by atoms with Crippen LogP contribution in [0, 0.1) is 11.2 Å². The van der Waals surface area contributed by atoms with Crippen molar-refractivity contribution in [3.05, 3.63) is 101 Å². The number of aliphatic hydroxyl groups excluding tert-OH is 2. The number of ether oxygens (including phenoxy) is 3. The molecule has 8 heteroatoms. The SMILES string of the molecule is C=C(C)C(=O)OCCCc1cc(-c2ccc(-c3ccc(CCCCCCC)cc3)cc2F)cc(CCCOC(=O)C(=C)C)c1OCC(CC)(CO)CO. The van der Waals surface area contributed by atoms with Crippen molar-refractivity contribution in [2.24, 2.45) is 5.41 Å². The zero-order chi connectivity index (χ0) is 38.8. The predicted octanol–water partition coefficient (Wildman–Crippen LogP) is 9.54. The summed E-state index contributed by atoms with van der Waals surface area (Å²) in [4.78, 5) is 24.1. The minimum Gasteiger partial charge on any atom is -0.492 e. The van der Waals surface area contributed by atoms with Gasteiger partial charge in [-0.3, -0.25) is 0 Å². The van der Waals surface area contributed by atoms with Gasteiger partial charge in [0.15, 0.2) is 0 Å². The molecule has 0 atom stereocenters. The van der Waals surface area contributed by atoms with Crippen molar-refractivity contribution in [3.63, 3.8) is 0 Å². The topological polar surface area (TPSA) is 102 Å². The lowest BCUT2D eigenvalue weighted by Gasteiger charge is -2.29. The van der Waals surface area contributed by atoms with Gasteiger partial charge < -0.3 is 24.4 Å². The zero-order valence-electron chi connectivity index (χ0n) is 32.2. The van der Waals surface area contributed by atoms with E-state index in [2.05, 4.69) is 44.3 Å². The molecule has 3 aromatic rings. The van der Waals surface area contributed by atoms with Gasteiger partial charge in [0.2, 0.25) is 0 Å². The molecule has 0 spiro atoms. The van der Waals surface area contributed by atoms with Gasteiger partial charge in [0, 0.05) is 16.7 Å². The highest BCUT2D eigenvalue weighted by Gasteiger charge is 2.29. The Balaban J connectivity index is 1.98. The van der Waals surface area contributed by atoms with Crippen LogP contribution in [0.3, 0.4) is 0 Å². The molecular weight excluding hydrogens is 671 g/mol. The summed E-state index contributed by atoms with van der Waals surface area (Å²) in [5.74, 6) is -0.770. The second-order valence-corrected chi connectivity index (χ2v) is 14.2. The first-order valence-corrected chi connectivity index (χ1v) is 19.0. The fraction of sp³-hybridized carbons (Fsp3) is 0.467. The monoisotopic (exact) mass is 730 g/mol. The van der Waals surface area contributed by atoms with Crippen molar-refractivity contribution in [3.8, 4) is 28.0 Å². The first-order valence-electron chi connectivity index (χ1n) is 19.0. The number of carbonyl (C=O) groups excluding carboxylic acids is 2. The Labute approximate surface area is 315 Å². The van der Waals surface area contributed by atoms with Gasteiger partial charge in [-0.05, 0) is 110 Å². The van der Waals surface area contributed by atoms with Crippen molar-refractivity contribution in [1.29, 1.82) is 0 Å². The first kappa shape index (κ1) is 43.1. The molecule has 0 aliphatic rings. The van der Waals surface area contributed by atoms with E-state index in [9.17, 15) is 19.8 Å². The molecule has 2 N–H and O–H groups in total. The smallest absolute Gasteiger partial charge is 0.333 e. The lowest BCUT2D eigenvalue weighted by molar-refractivity contribution is -0.139. The van der Waals surface area contributed by atoms with Gasteiger partial charge in [-0.2, -0.15) is 0 Å². The number of halogens is 1. The molecule has 0 saturated carbocycles. The maximum absolute atomic E-state index is 16.1. The van der Waals surface area contributed by atoms with Crippen molar-refractivity contribution >= 4 is 11.9 Å². The largest absolute Gasteiger partial charge is 0.492 e. The van der Waals surface area contributed by atoms with E-state index in [0.717, 1.165) is 35.1 Å². The summed E-state index contributed by atoms with van der Waals surface area (Å²) >= 11 is 0. The predicted molar refractivity (Wildman–Crippen MR) is 210 cm³/mol. The second-order valence-electron chi connectivity index (χ2n) is 14.2. The molecule has 0 aliphatic heterocycles. The number of hydrogen-bond acceptors (Lipinski definition) is 7. The number of rotatable bonds is 24. The summed E-state index contributed by atoms with van der Waals surface area (Å²) < 4.78 is 33.2. The highest BCUT2D eigenvalue weighted by Crippen LogP contribution is 2.37. The van der Waals surface area contributed by atoms with E-state index in [1.807, 2.05) is 25.1 Å². The van der Waals surface area contributed by atoms with E-state index >= 15 is 4.39 Å². The average molecular weight is 731 g/mol. The summed E-state index contributed by atoms with van der Waals surface area (Å²) in [5, 5.41) is 20.3. The molecular formula is C45H59FO7. The van der Waals surface area contributed by atoms with Gasteiger partial charge in [-0.15, -0.1) is 0 Å². The minimum atomic E-state index is -0.865. The van der Waals surface area contributed by atoms with Crippen molar-refractivity contribution in [2.75, 3.05) is 33.0 Å². The van der Waals surface area contributed by atoms with Gasteiger partial charge in [-0.25, -0.2) is 14.0 Å². The summed E-state index contributed by atoms with van der Waals surface area (Å²) in [5.41, 5.74) is 5.34. The molecule has 288 valence electrons. The van der Waals surface area contributed by atoms with Crippen LogP contribution in [0.1, 0.15) is 95.8 Å². The van der Waals surface area contributed by atoms with Crippen molar-refractivity contribution in [2.45, 2.75) is 98.3 Å². The van der Waals surface area contributed by atoms with E-state index in [-0.39, 0.29) is 38.9 Å². The zero-order valence-corrected chi connectivity index (χ0v) is 32.2. The molecule has 0 radical (unpaired) electrons. The fourth-order valence-corrected chi connectivity index (χ4v) is 5.99. The van der Waals surface area contributed by atoms with Crippen LogP contribution < -0.4 is 4.74 Å². The number of carbonyl (C=O) groups is 2. The fourth-order valence-electron chi connectivity index (χ4n) is 5.99. The number of aliphatic hydroxyl groups is 2. The maximum Gasteiger partial charge on any atom is 0.333 e. The van der Waals surface area contributed by atoms with Crippen LogP contribution in [-0.4, -0.2) is 55.2 Å². The van der Waals surface area contributed by atoms with E-state index in [1.165, 1.54) is 31.2 Å². The average Bonchev–Trinajstić information content (AvgIpc) is 3.16. The van der Waals surface area contributed by atoms with E-state index in [0.29, 0.717) is 60.1 Å². The Hall–Kier alpha value is -4.27. The standard InChI is InChI=1S/C45H59FO7/c1-7-9-10-11-12-15-34-18-20-35(21-19-34)36-22-23-40(41(46)28-36)39-26-37(16-13-24-51-43(49)32(3)4)42(53-31-45(8-2,29-47)30-48)38(27-39)17-14-25-52-44(50)33(5)6/h18-23,26-28,47-48H,3,5,7-17,24-25,29-31H2,1-2,4,6H3. The molecule has 0 saturated heterocycles. The van der Waals surface area contributed by atoms with Crippen LogP contribution >= 0.6 is 0 Å². The highest BCUT2D eigenvalue weighted by atomic mass is 19.1. The molecule has 0 unspecified atom stereocenters. The Bertz CT molecular complexity index is 1590. The third kappa shape index (κ3) is 13.3. The molecule has 3 aromatic carbocycles. The molecule has 0 aromatic heterocycles. The highest BCUT2D eigenvalue weighted by molar-refractivity contribution is 5.87. The third-order valence-corrected chi connectivity index (χ3v) is 9.67. The number of aryl methyl sites for hydroxylation is 3. The van der Waals surface area contributed by atoms with Crippen molar-refractivity contribution in [1.82, 2.24) is 0 Å². The molecule has 53 heavy (non-hydrogen) atoms. The Morgan fingerprint density at radius 3 is 1.74 bits per heavy atom. The Morgan fingerprint density at radius 1 is 0.698 bits per heavy atom. The Morgan fingerprint density at radius 2 is 1.25 bits per heavy atom.